The summed E-state index contributed by atoms with van der Waals surface area (Å²) < 4.78 is 55.1. The lowest BCUT2D eigenvalue weighted by Crippen LogP contribution is -2.38. The van der Waals surface area contributed by atoms with E-state index in [4.69, 9.17) is 4.74 Å². The van der Waals surface area contributed by atoms with Gasteiger partial charge in [-0.2, -0.15) is 4.31 Å². The monoisotopic (exact) mass is 356 g/mol. The summed E-state index contributed by atoms with van der Waals surface area (Å²) in [5.41, 5.74) is 0. The van der Waals surface area contributed by atoms with Crippen LogP contribution in [-0.2, 0) is 10.0 Å². The second-order valence-electron chi connectivity index (χ2n) is 4.84. The van der Waals surface area contributed by atoms with Crippen LogP contribution in [0.4, 0.5) is 8.78 Å². The summed E-state index contributed by atoms with van der Waals surface area (Å²) in [6.07, 6.45) is -1.79. The standard InChI is InChI=1S/C13H18F2N2O3S.ClH/c1-17(10-6-7-16-8-10)21(18,19)12-4-2-11(3-5-12)20-9-13(14)15;/h2-5,10,13,16H,6-9H2,1H3;1H. The smallest absolute Gasteiger partial charge is 0.272 e. The van der Waals surface area contributed by atoms with Crippen molar-refractivity contribution in [3.63, 3.8) is 0 Å². The molecule has 1 fully saturated rings. The number of hydrogen-bond donors (Lipinski definition) is 1. The Morgan fingerprint density at radius 2 is 2.00 bits per heavy atom. The molecule has 1 aromatic carbocycles. The van der Waals surface area contributed by atoms with Crippen molar-refractivity contribution < 1.29 is 21.9 Å². The first-order valence-corrected chi connectivity index (χ1v) is 8.05. The first-order chi connectivity index (χ1) is 9.91. The van der Waals surface area contributed by atoms with Crippen molar-refractivity contribution in [1.29, 1.82) is 0 Å². The highest BCUT2D eigenvalue weighted by molar-refractivity contribution is 7.89. The lowest BCUT2D eigenvalue weighted by Gasteiger charge is -2.23. The Balaban J connectivity index is 0.00000242. The van der Waals surface area contributed by atoms with Crippen LogP contribution in [0.15, 0.2) is 29.2 Å². The third kappa shape index (κ3) is 4.52. The number of nitrogens with one attached hydrogen (secondary N) is 1. The van der Waals surface area contributed by atoms with Gasteiger partial charge in [-0.3, -0.25) is 0 Å². The fraction of sp³-hybridized carbons (Fsp3) is 0.538. The van der Waals surface area contributed by atoms with E-state index in [9.17, 15) is 17.2 Å². The van der Waals surface area contributed by atoms with Gasteiger partial charge in [-0.1, -0.05) is 0 Å². The largest absolute Gasteiger partial charge is 0.488 e. The number of benzene rings is 1. The Bertz CT molecular complexity index is 563. The number of rotatable bonds is 6. The average molecular weight is 357 g/mol. The second-order valence-corrected chi connectivity index (χ2v) is 6.84. The molecule has 22 heavy (non-hydrogen) atoms. The van der Waals surface area contributed by atoms with E-state index < -0.39 is 23.1 Å². The van der Waals surface area contributed by atoms with Gasteiger partial charge < -0.3 is 10.1 Å². The van der Waals surface area contributed by atoms with Crippen molar-refractivity contribution in [2.45, 2.75) is 23.8 Å². The molecular weight excluding hydrogens is 338 g/mol. The molecule has 0 saturated carbocycles. The SMILES string of the molecule is CN(C1CCNC1)S(=O)(=O)c1ccc(OCC(F)F)cc1.Cl. The summed E-state index contributed by atoms with van der Waals surface area (Å²) in [7, 11) is -2.03. The van der Waals surface area contributed by atoms with Gasteiger partial charge in [0.15, 0.2) is 0 Å². The maximum absolute atomic E-state index is 12.4. The third-order valence-electron chi connectivity index (χ3n) is 3.43. The second kappa shape index (κ2) is 8.05. The van der Waals surface area contributed by atoms with E-state index in [0.29, 0.717) is 6.54 Å². The van der Waals surface area contributed by atoms with E-state index >= 15 is 0 Å². The highest BCUT2D eigenvalue weighted by Gasteiger charge is 2.29. The Labute approximate surface area is 135 Å². The van der Waals surface area contributed by atoms with Gasteiger partial charge >= 0.3 is 0 Å². The molecule has 1 saturated heterocycles. The van der Waals surface area contributed by atoms with E-state index in [-0.39, 0.29) is 29.1 Å². The van der Waals surface area contributed by atoms with Crippen molar-refractivity contribution in [2.75, 3.05) is 26.7 Å². The van der Waals surface area contributed by atoms with E-state index in [1.54, 1.807) is 7.05 Å². The summed E-state index contributed by atoms with van der Waals surface area (Å²) in [6, 6.07) is 5.44. The molecule has 0 spiro atoms. The van der Waals surface area contributed by atoms with Gasteiger partial charge in [0.25, 0.3) is 6.43 Å². The van der Waals surface area contributed by atoms with Crippen molar-refractivity contribution >= 4 is 22.4 Å². The number of alkyl halides is 2. The molecule has 1 N–H and O–H groups in total. The lowest BCUT2D eigenvalue weighted by molar-refractivity contribution is 0.0819. The summed E-state index contributed by atoms with van der Waals surface area (Å²) in [5, 5.41) is 3.12. The van der Waals surface area contributed by atoms with Crippen LogP contribution in [0.2, 0.25) is 0 Å². The lowest BCUT2D eigenvalue weighted by atomic mass is 10.3. The maximum atomic E-state index is 12.4. The number of hydrogen-bond acceptors (Lipinski definition) is 4. The van der Waals surface area contributed by atoms with Gasteiger partial charge in [-0.15, -0.1) is 12.4 Å². The Morgan fingerprint density at radius 3 is 2.50 bits per heavy atom. The molecular formula is C13H19ClF2N2O3S. The zero-order chi connectivity index (χ0) is 15.5. The third-order valence-corrected chi connectivity index (χ3v) is 5.35. The van der Waals surface area contributed by atoms with Crippen LogP contribution in [0, 0.1) is 0 Å². The average Bonchev–Trinajstić information content (AvgIpc) is 2.98. The molecule has 1 heterocycles. The molecule has 1 unspecified atom stereocenters. The molecule has 0 aromatic heterocycles. The minimum atomic E-state index is -3.58. The predicted molar refractivity (Wildman–Crippen MR) is 81.4 cm³/mol. The normalized spacial score (nSPS) is 18.5. The zero-order valence-electron chi connectivity index (χ0n) is 12.0. The molecule has 1 aliphatic heterocycles. The van der Waals surface area contributed by atoms with Crippen LogP contribution in [0.5, 0.6) is 5.75 Å². The Kier molecular flexibility index (Phi) is 6.98. The van der Waals surface area contributed by atoms with Crippen molar-refractivity contribution in [2.24, 2.45) is 0 Å². The summed E-state index contributed by atoms with van der Waals surface area (Å²) in [5.74, 6) is 0.222. The van der Waals surface area contributed by atoms with Gasteiger partial charge in [0.05, 0.1) is 4.90 Å². The van der Waals surface area contributed by atoms with Gasteiger partial charge in [0, 0.05) is 19.6 Å². The summed E-state index contributed by atoms with van der Waals surface area (Å²) >= 11 is 0. The molecule has 126 valence electrons. The van der Waals surface area contributed by atoms with Crippen LogP contribution in [0.25, 0.3) is 0 Å². The highest BCUT2D eigenvalue weighted by atomic mass is 35.5. The van der Waals surface area contributed by atoms with E-state index in [1.807, 2.05) is 0 Å². The van der Waals surface area contributed by atoms with Crippen LogP contribution >= 0.6 is 12.4 Å². The molecule has 2 rings (SSSR count). The molecule has 1 aliphatic rings. The molecule has 0 bridgehead atoms. The minimum Gasteiger partial charge on any atom is -0.488 e. The molecule has 0 amide bonds. The van der Waals surface area contributed by atoms with Gasteiger partial charge in [0.2, 0.25) is 10.0 Å². The van der Waals surface area contributed by atoms with E-state index in [1.165, 1.54) is 28.6 Å². The van der Waals surface area contributed by atoms with Crippen LogP contribution < -0.4 is 10.1 Å². The Morgan fingerprint density at radius 1 is 1.36 bits per heavy atom. The first-order valence-electron chi connectivity index (χ1n) is 6.61. The summed E-state index contributed by atoms with van der Waals surface area (Å²) in [4.78, 5) is 0.126. The molecule has 5 nitrogen and oxygen atoms in total. The van der Waals surface area contributed by atoms with Gasteiger partial charge in [-0.05, 0) is 37.2 Å². The maximum Gasteiger partial charge on any atom is 0.272 e. The van der Waals surface area contributed by atoms with E-state index in [2.05, 4.69) is 5.32 Å². The van der Waals surface area contributed by atoms with Crippen LogP contribution in [0.1, 0.15) is 6.42 Å². The zero-order valence-corrected chi connectivity index (χ0v) is 13.7. The van der Waals surface area contributed by atoms with Crippen molar-refractivity contribution in [1.82, 2.24) is 9.62 Å². The number of likely N-dealkylation sites (N-methyl/N-ethyl adjacent to an activating group) is 1. The molecule has 1 atom stereocenters. The number of sulfonamides is 1. The predicted octanol–water partition coefficient (Wildman–Crippen LogP) is 1.73. The van der Waals surface area contributed by atoms with Crippen molar-refractivity contribution in [3.05, 3.63) is 24.3 Å². The number of ether oxygens (including phenoxy) is 1. The fourth-order valence-corrected chi connectivity index (χ4v) is 3.56. The molecule has 9 heteroatoms. The number of halogens is 3. The highest BCUT2D eigenvalue weighted by Crippen LogP contribution is 2.22. The fourth-order valence-electron chi connectivity index (χ4n) is 2.18. The molecule has 0 aliphatic carbocycles. The molecule has 0 radical (unpaired) electrons. The van der Waals surface area contributed by atoms with E-state index in [0.717, 1.165) is 13.0 Å². The molecule has 1 aromatic rings. The Hall–Kier alpha value is -0.960. The van der Waals surface area contributed by atoms with Crippen LogP contribution in [-0.4, -0.2) is 51.9 Å². The van der Waals surface area contributed by atoms with Crippen molar-refractivity contribution in [3.8, 4) is 5.75 Å². The van der Waals surface area contributed by atoms with Gasteiger partial charge in [-0.25, -0.2) is 17.2 Å². The first kappa shape index (κ1) is 19.1. The topological polar surface area (TPSA) is 58.6 Å². The minimum absolute atomic E-state index is 0. The number of nitrogens with zero attached hydrogens (tertiary/aromatic N) is 1. The summed E-state index contributed by atoms with van der Waals surface area (Å²) in [6.45, 7) is 0.718. The van der Waals surface area contributed by atoms with Gasteiger partial charge in [0.1, 0.15) is 12.4 Å². The van der Waals surface area contributed by atoms with Crippen LogP contribution in [0.3, 0.4) is 0 Å². The quantitative estimate of drug-likeness (QED) is 0.843.